The van der Waals surface area contributed by atoms with E-state index in [2.05, 4.69) is 30.9 Å². The fraction of sp³-hybridized carbons (Fsp3) is 0.250. The van der Waals surface area contributed by atoms with Crippen LogP contribution in [0, 0.1) is 0 Å². The molecule has 0 bridgehead atoms. The smallest absolute Gasteiger partial charge is 0.320 e. The van der Waals surface area contributed by atoms with Gasteiger partial charge in [-0.05, 0) is 27.6 Å². The zero-order valence-electron chi connectivity index (χ0n) is 13.5. The number of benzene rings is 1. The molecule has 0 amide bonds. The third-order valence-electron chi connectivity index (χ3n) is 3.50. The second kappa shape index (κ2) is 7.58. The van der Waals surface area contributed by atoms with Crippen LogP contribution in [0.25, 0.3) is 11.2 Å². The number of halogens is 1. The molecule has 130 valence electrons. The number of aromatic nitrogens is 4. The van der Waals surface area contributed by atoms with Crippen LogP contribution in [0.5, 0.6) is 6.01 Å². The number of carbonyl (C=O) groups excluding carboxylic acids is 1. The van der Waals surface area contributed by atoms with Crippen molar-refractivity contribution in [1.29, 1.82) is 0 Å². The van der Waals surface area contributed by atoms with Crippen molar-refractivity contribution in [2.24, 2.45) is 0 Å². The Hall–Kier alpha value is -2.52. The summed E-state index contributed by atoms with van der Waals surface area (Å²) in [6.07, 6.45) is 0.812. The molecule has 0 aliphatic rings. The highest BCUT2D eigenvalue weighted by Gasteiger charge is 2.16. The van der Waals surface area contributed by atoms with Crippen molar-refractivity contribution in [3.8, 4) is 6.01 Å². The number of aldehydes is 1. The lowest BCUT2D eigenvalue weighted by atomic mass is 10.1. The molecular weight excluding hydrogens is 390 g/mol. The quantitative estimate of drug-likeness (QED) is 0.364. The van der Waals surface area contributed by atoms with E-state index in [1.807, 2.05) is 22.8 Å². The van der Waals surface area contributed by atoms with Gasteiger partial charge in [-0.25, -0.2) is 4.98 Å². The third-order valence-corrected chi connectivity index (χ3v) is 4.11. The number of nitrogen functional groups attached to an aromatic ring is 1. The molecule has 0 saturated carbocycles. The highest BCUT2D eigenvalue weighted by Crippen LogP contribution is 2.25. The van der Waals surface area contributed by atoms with Gasteiger partial charge < -0.3 is 15.2 Å². The van der Waals surface area contributed by atoms with Crippen LogP contribution < -0.4 is 10.5 Å². The predicted molar refractivity (Wildman–Crippen MR) is 95.7 cm³/mol. The monoisotopic (exact) mass is 405 g/mol. The van der Waals surface area contributed by atoms with Crippen molar-refractivity contribution in [1.82, 2.24) is 19.5 Å². The molecule has 3 aromatic rings. The third kappa shape index (κ3) is 3.77. The summed E-state index contributed by atoms with van der Waals surface area (Å²) in [4.78, 5) is 23.8. The Morgan fingerprint density at radius 1 is 1.28 bits per heavy atom. The Bertz CT molecular complexity index is 912. The minimum atomic E-state index is 0.164. The molecule has 0 fully saturated rings. The fourth-order valence-corrected chi connectivity index (χ4v) is 2.81. The van der Waals surface area contributed by atoms with Gasteiger partial charge in [-0.2, -0.15) is 9.97 Å². The number of rotatable bonds is 7. The molecule has 3 rings (SSSR count). The van der Waals surface area contributed by atoms with E-state index in [-0.39, 0.29) is 11.8 Å². The number of hydrogen-bond donors (Lipinski definition) is 1. The Kier molecular flexibility index (Phi) is 5.25. The molecule has 25 heavy (non-hydrogen) atoms. The first-order valence-corrected chi connectivity index (χ1v) is 8.26. The zero-order valence-corrected chi connectivity index (χ0v) is 15.1. The number of nitrogens with zero attached hydrogens (tertiary/aromatic N) is 4. The highest BCUT2D eigenvalue weighted by atomic mass is 79.9. The van der Waals surface area contributed by atoms with Gasteiger partial charge in [0, 0.05) is 12.7 Å². The number of anilines is 1. The minimum absolute atomic E-state index is 0.164. The summed E-state index contributed by atoms with van der Waals surface area (Å²) in [5.74, 6) is 0.235. The predicted octanol–water partition coefficient (Wildman–Crippen LogP) is 2.06. The number of carbonyl (C=O) groups is 1. The summed E-state index contributed by atoms with van der Waals surface area (Å²) in [7, 11) is 1.58. The van der Waals surface area contributed by atoms with Crippen LogP contribution in [0.1, 0.15) is 15.9 Å². The van der Waals surface area contributed by atoms with Crippen LogP contribution in [0.15, 0.2) is 29.0 Å². The SMILES string of the molecule is COCCOc1nc(N)c2nc(Br)n(Cc3cccc(C=O)c3)c2n1. The van der Waals surface area contributed by atoms with E-state index in [9.17, 15) is 4.79 Å². The molecule has 2 N–H and O–H groups in total. The number of methoxy groups -OCH3 is 1. The first kappa shape index (κ1) is 17.3. The first-order chi connectivity index (χ1) is 12.1. The van der Waals surface area contributed by atoms with E-state index in [1.165, 1.54) is 0 Å². The van der Waals surface area contributed by atoms with Gasteiger partial charge >= 0.3 is 6.01 Å². The van der Waals surface area contributed by atoms with Gasteiger partial charge in [-0.3, -0.25) is 9.36 Å². The normalized spacial score (nSPS) is 11.0. The Balaban J connectivity index is 1.98. The van der Waals surface area contributed by atoms with Crippen molar-refractivity contribution >= 4 is 39.2 Å². The second-order valence-electron chi connectivity index (χ2n) is 5.23. The summed E-state index contributed by atoms with van der Waals surface area (Å²) in [6.45, 7) is 1.20. The van der Waals surface area contributed by atoms with Crippen molar-refractivity contribution in [2.45, 2.75) is 6.54 Å². The van der Waals surface area contributed by atoms with Gasteiger partial charge in [0.15, 0.2) is 21.7 Å². The van der Waals surface area contributed by atoms with Crippen LogP contribution in [0.4, 0.5) is 5.82 Å². The number of imidazole rings is 1. The number of nitrogens with two attached hydrogens (primary N) is 1. The largest absolute Gasteiger partial charge is 0.461 e. The summed E-state index contributed by atoms with van der Waals surface area (Å²) in [5.41, 5.74) is 8.55. The molecule has 0 atom stereocenters. The molecule has 1 aromatic carbocycles. The Morgan fingerprint density at radius 2 is 2.12 bits per heavy atom. The van der Waals surface area contributed by atoms with E-state index in [4.69, 9.17) is 15.2 Å². The molecule has 0 radical (unpaired) electrons. The molecule has 0 spiro atoms. The lowest BCUT2D eigenvalue weighted by Crippen LogP contribution is -2.09. The molecule has 9 heteroatoms. The van der Waals surface area contributed by atoms with E-state index in [1.54, 1.807) is 13.2 Å². The topological polar surface area (TPSA) is 105 Å². The van der Waals surface area contributed by atoms with Gasteiger partial charge in [0.2, 0.25) is 0 Å². The molecule has 2 heterocycles. The van der Waals surface area contributed by atoms with E-state index >= 15 is 0 Å². The summed E-state index contributed by atoms with van der Waals surface area (Å²) in [5, 5.41) is 0. The molecule has 0 aliphatic heterocycles. The number of fused-ring (bicyclic) bond motifs is 1. The van der Waals surface area contributed by atoms with Crippen LogP contribution >= 0.6 is 15.9 Å². The maximum absolute atomic E-state index is 11.0. The van der Waals surface area contributed by atoms with Crippen molar-refractivity contribution in [2.75, 3.05) is 26.1 Å². The lowest BCUT2D eigenvalue weighted by molar-refractivity contribution is 0.112. The van der Waals surface area contributed by atoms with E-state index in [0.717, 1.165) is 11.8 Å². The number of hydrogen-bond acceptors (Lipinski definition) is 7. The zero-order chi connectivity index (χ0) is 17.8. The maximum atomic E-state index is 11.0. The molecule has 0 aliphatic carbocycles. The van der Waals surface area contributed by atoms with E-state index in [0.29, 0.717) is 41.2 Å². The molecule has 0 saturated heterocycles. The van der Waals surface area contributed by atoms with Gasteiger partial charge in [0.1, 0.15) is 12.9 Å². The van der Waals surface area contributed by atoms with Crippen molar-refractivity contribution in [3.05, 3.63) is 40.1 Å². The van der Waals surface area contributed by atoms with Gasteiger partial charge in [-0.1, -0.05) is 18.2 Å². The number of ether oxygens (including phenoxy) is 2. The minimum Gasteiger partial charge on any atom is -0.461 e. The molecule has 0 unspecified atom stereocenters. The molecule has 2 aromatic heterocycles. The Morgan fingerprint density at radius 3 is 2.88 bits per heavy atom. The van der Waals surface area contributed by atoms with Gasteiger partial charge in [0.05, 0.1) is 13.2 Å². The highest BCUT2D eigenvalue weighted by molar-refractivity contribution is 9.10. The standard InChI is InChI=1S/C16H16BrN5O3/c1-24-5-6-25-16-20-13(18)12-14(21-16)22(15(17)19-12)8-10-3-2-4-11(7-10)9-23/h2-4,7,9H,5-6,8H2,1H3,(H2,18,20,21). The molecular formula is C16H16BrN5O3. The summed E-state index contributed by atoms with van der Waals surface area (Å²) in [6, 6.07) is 7.48. The van der Waals surface area contributed by atoms with Crippen LogP contribution in [0.3, 0.4) is 0 Å². The summed E-state index contributed by atoms with van der Waals surface area (Å²) < 4.78 is 12.8. The van der Waals surface area contributed by atoms with E-state index < -0.39 is 0 Å². The Labute approximate surface area is 152 Å². The van der Waals surface area contributed by atoms with Crippen molar-refractivity contribution < 1.29 is 14.3 Å². The second-order valence-corrected chi connectivity index (χ2v) is 5.94. The lowest BCUT2D eigenvalue weighted by Gasteiger charge is -2.08. The average molecular weight is 406 g/mol. The van der Waals surface area contributed by atoms with Crippen LogP contribution in [-0.2, 0) is 11.3 Å². The van der Waals surface area contributed by atoms with Gasteiger partial charge in [-0.15, -0.1) is 0 Å². The molecule has 8 nitrogen and oxygen atoms in total. The average Bonchev–Trinajstić information content (AvgIpc) is 2.92. The maximum Gasteiger partial charge on any atom is 0.320 e. The van der Waals surface area contributed by atoms with Crippen LogP contribution in [0.2, 0.25) is 0 Å². The van der Waals surface area contributed by atoms with Crippen molar-refractivity contribution in [3.63, 3.8) is 0 Å². The van der Waals surface area contributed by atoms with Gasteiger partial charge in [0.25, 0.3) is 0 Å². The first-order valence-electron chi connectivity index (χ1n) is 7.47. The summed E-state index contributed by atoms with van der Waals surface area (Å²) >= 11 is 3.42. The fourth-order valence-electron chi connectivity index (χ4n) is 2.34. The van der Waals surface area contributed by atoms with Crippen LogP contribution in [-0.4, -0.2) is 46.1 Å².